The number of benzene rings is 1. The zero-order valence-electron chi connectivity index (χ0n) is 9.74. The third-order valence-corrected chi connectivity index (χ3v) is 3.78. The number of methoxy groups -OCH3 is 1. The van der Waals surface area contributed by atoms with E-state index in [9.17, 15) is 4.79 Å². The maximum absolute atomic E-state index is 11.7. The zero-order valence-corrected chi connectivity index (χ0v) is 12.2. The normalized spacial score (nSPS) is 10.5. The maximum atomic E-state index is 11.7. The molecule has 0 aliphatic rings. The van der Waals surface area contributed by atoms with Gasteiger partial charge in [0.25, 0.3) is 0 Å². The molecule has 0 saturated heterocycles. The fourth-order valence-electron chi connectivity index (χ4n) is 1.68. The number of H-pyrrole nitrogens is 1. The Morgan fingerprint density at radius 1 is 1.47 bits per heavy atom. The van der Waals surface area contributed by atoms with Crippen LogP contribution < -0.4 is 9.09 Å². The fourth-order valence-corrected chi connectivity index (χ4v) is 2.58. The molecule has 0 aliphatic carbocycles. The van der Waals surface area contributed by atoms with Crippen molar-refractivity contribution in [3.63, 3.8) is 0 Å². The summed E-state index contributed by atoms with van der Waals surface area (Å²) in [5.74, 6) is 0.479. The number of aromatic amines is 1. The molecule has 0 saturated carbocycles. The van der Waals surface area contributed by atoms with E-state index >= 15 is 0 Å². The number of rotatable bonds is 3. The van der Waals surface area contributed by atoms with Gasteiger partial charge in [-0.25, -0.2) is 0 Å². The molecule has 90 valence electrons. The van der Waals surface area contributed by atoms with Crippen LogP contribution in [0.1, 0.15) is 17.4 Å². The van der Waals surface area contributed by atoms with Crippen molar-refractivity contribution >= 4 is 38.1 Å². The Labute approximate surface area is 108 Å². The summed E-state index contributed by atoms with van der Waals surface area (Å²) >= 11 is 1.39. The number of aromatic nitrogens is 1. The van der Waals surface area contributed by atoms with Gasteiger partial charge in [0.05, 0.1) is 0 Å². The van der Waals surface area contributed by atoms with Gasteiger partial charge in [-0.15, -0.1) is 0 Å². The SMILES string of the molecule is CCOC(=O)c1[nH]c2ccc(OC)cc2c1[AsH2]. The third-order valence-electron chi connectivity index (χ3n) is 2.53. The van der Waals surface area contributed by atoms with Gasteiger partial charge in [0.1, 0.15) is 0 Å². The summed E-state index contributed by atoms with van der Waals surface area (Å²) in [6.07, 6.45) is 0. The molecule has 0 aliphatic heterocycles. The first-order valence-electron chi connectivity index (χ1n) is 5.29. The number of hydrogen-bond donors (Lipinski definition) is 1. The van der Waals surface area contributed by atoms with Crippen LogP contribution in [0.5, 0.6) is 5.75 Å². The minimum absolute atomic E-state index is 0.304. The van der Waals surface area contributed by atoms with Gasteiger partial charge in [0, 0.05) is 0 Å². The Bertz CT molecular complexity index is 562. The van der Waals surface area contributed by atoms with Crippen molar-refractivity contribution in [3.8, 4) is 5.75 Å². The molecule has 17 heavy (non-hydrogen) atoms. The molecule has 0 bridgehead atoms. The monoisotopic (exact) mass is 295 g/mol. The summed E-state index contributed by atoms with van der Waals surface area (Å²) in [5.41, 5.74) is 1.46. The quantitative estimate of drug-likeness (QED) is 0.667. The number of hydrogen-bond acceptors (Lipinski definition) is 3. The van der Waals surface area contributed by atoms with Gasteiger partial charge >= 0.3 is 108 Å². The van der Waals surface area contributed by atoms with Crippen LogP contribution in [0.2, 0.25) is 0 Å². The number of esters is 1. The van der Waals surface area contributed by atoms with Crippen molar-refractivity contribution in [1.29, 1.82) is 0 Å². The van der Waals surface area contributed by atoms with E-state index in [1.54, 1.807) is 14.0 Å². The van der Waals surface area contributed by atoms with Gasteiger partial charge in [-0.05, 0) is 0 Å². The second kappa shape index (κ2) is 4.84. The molecule has 2 aromatic rings. The Balaban J connectivity index is 2.53. The molecule has 0 fully saturated rings. The van der Waals surface area contributed by atoms with Gasteiger partial charge in [0.15, 0.2) is 0 Å². The summed E-state index contributed by atoms with van der Waals surface area (Å²) in [4.78, 5) is 14.8. The molecule has 1 heterocycles. The number of nitrogens with one attached hydrogen (secondary N) is 1. The average molecular weight is 295 g/mol. The number of carbonyl (C=O) groups excluding carboxylic acids is 1. The second-order valence-corrected chi connectivity index (χ2v) is 4.76. The molecule has 1 N–H and O–H groups in total. The van der Waals surface area contributed by atoms with E-state index in [1.165, 1.54) is 16.9 Å². The van der Waals surface area contributed by atoms with E-state index in [4.69, 9.17) is 9.47 Å². The number of ether oxygens (including phenoxy) is 2. The molecule has 2 rings (SSSR count). The molecule has 1 atom stereocenters. The Morgan fingerprint density at radius 2 is 2.24 bits per heavy atom. The molecule has 0 amide bonds. The van der Waals surface area contributed by atoms with E-state index < -0.39 is 0 Å². The van der Waals surface area contributed by atoms with Crippen molar-refractivity contribution in [2.75, 3.05) is 13.7 Å². The van der Waals surface area contributed by atoms with Gasteiger partial charge in [-0.2, -0.15) is 0 Å². The molecular formula is C12H14AsNO3. The summed E-state index contributed by atoms with van der Waals surface area (Å²) in [6.45, 7) is 2.17. The third kappa shape index (κ3) is 2.18. The first-order valence-corrected chi connectivity index (χ1v) is 6.50. The van der Waals surface area contributed by atoms with E-state index in [1.807, 2.05) is 18.2 Å². The van der Waals surface area contributed by atoms with Crippen molar-refractivity contribution in [3.05, 3.63) is 23.9 Å². The van der Waals surface area contributed by atoms with E-state index in [0.29, 0.717) is 12.3 Å². The first-order chi connectivity index (χ1) is 8.17. The van der Waals surface area contributed by atoms with Crippen LogP contribution in [0.25, 0.3) is 10.9 Å². The molecule has 1 aromatic heterocycles. The minimum atomic E-state index is -0.304. The fraction of sp³-hybridized carbons (Fsp3) is 0.250. The van der Waals surface area contributed by atoms with Crippen LogP contribution in [-0.4, -0.2) is 41.5 Å². The van der Waals surface area contributed by atoms with Gasteiger partial charge in [0.2, 0.25) is 0 Å². The Morgan fingerprint density at radius 3 is 2.88 bits per heavy atom. The zero-order chi connectivity index (χ0) is 12.4. The predicted octanol–water partition coefficient (Wildman–Crippen LogP) is 0.612. The van der Waals surface area contributed by atoms with Crippen molar-refractivity contribution in [2.24, 2.45) is 0 Å². The van der Waals surface area contributed by atoms with Crippen LogP contribution in [-0.2, 0) is 4.74 Å². The van der Waals surface area contributed by atoms with E-state index in [-0.39, 0.29) is 5.97 Å². The van der Waals surface area contributed by atoms with Crippen molar-refractivity contribution in [1.82, 2.24) is 4.98 Å². The Kier molecular flexibility index (Phi) is 3.43. The second-order valence-electron chi connectivity index (χ2n) is 3.55. The average Bonchev–Trinajstić information content (AvgIpc) is 2.67. The van der Waals surface area contributed by atoms with Crippen molar-refractivity contribution < 1.29 is 14.3 Å². The first kappa shape index (κ1) is 12.1. The molecule has 1 unspecified atom stereocenters. The van der Waals surface area contributed by atoms with Crippen LogP contribution in [0.15, 0.2) is 18.2 Å². The Hall–Kier alpha value is -1.41. The molecular weight excluding hydrogens is 281 g/mol. The van der Waals surface area contributed by atoms with Crippen molar-refractivity contribution in [2.45, 2.75) is 6.92 Å². The molecule has 4 nitrogen and oxygen atoms in total. The molecule has 5 heteroatoms. The molecule has 0 spiro atoms. The summed E-state index contributed by atoms with van der Waals surface area (Å²) in [6, 6.07) is 5.69. The number of fused-ring (bicyclic) bond motifs is 1. The standard InChI is InChI=1S/C12H14AsNO3/c1-3-17-12(15)11-10(13)8-6-7(16-2)4-5-9(8)14-11/h4-6,14H,3,13H2,1-2H3. The van der Waals surface area contributed by atoms with Crippen LogP contribution in [0, 0.1) is 0 Å². The molecule has 1 aromatic carbocycles. The van der Waals surface area contributed by atoms with Gasteiger partial charge in [-0.1, -0.05) is 0 Å². The summed E-state index contributed by atoms with van der Waals surface area (Å²) < 4.78 is 11.1. The molecule has 0 radical (unpaired) electrons. The summed E-state index contributed by atoms with van der Waals surface area (Å²) in [5, 5.41) is 1.01. The topological polar surface area (TPSA) is 51.3 Å². The number of carbonyl (C=O) groups is 1. The van der Waals surface area contributed by atoms with Crippen LogP contribution >= 0.6 is 0 Å². The van der Waals surface area contributed by atoms with Crippen LogP contribution in [0.3, 0.4) is 0 Å². The van der Waals surface area contributed by atoms with Gasteiger partial charge < -0.3 is 0 Å². The van der Waals surface area contributed by atoms with E-state index in [0.717, 1.165) is 21.0 Å². The predicted molar refractivity (Wildman–Crippen MR) is 69.0 cm³/mol. The van der Waals surface area contributed by atoms with E-state index in [2.05, 4.69) is 4.98 Å². The summed E-state index contributed by atoms with van der Waals surface area (Å²) in [7, 11) is 1.63. The van der Waals surface area contributed by atoms with Gasteiger partial charge in [-0.3, -0.25) is 0 Å². The van der Waals surface area contributed by atoms with Crippen LogP contribution in [0.4, 0.5) is 0 Å².